The number of aryl methyl sites for hydroxylation is 1. The van der Waals surface area contributed by atoms with Crippen LogP contribution in [-0.2, 0) is 14.8 Å². The number of carbonyl (C=O) groups is 1. The number of anilines is 1. The summed E-state index contributed by atoms with van der Waals surface area (Å²) in [5.41, 5.74) is 3.66. The SMILES string of the molecule is C/C(=N/NC(=O)CN1c2cccc3cccc(c23)S1(=O)=O)c1ccc(C)s1. The average Bonchev–Trinajstić information content (AvgIpc) is 3.17. The van der Waals surface area contributed by atoms with Crippen LogP contribution in [0, 0.1) is 6.92 Å². The van der Waals surface area contributed by atoms with E-state index in [1.807, 2.05) is 31.2 Å². The first-order valence-electron chi connectivity index (χ1n) is 8.32. The number of hydrogen-bond donors (Lipinski definition) is 1. The quantitative estimate of drug-likeness (QED) is 0.540. The van der Waals surface area contributed by atoms with E-state index in [2.05, 4.69) is 10.5 Å². The van der Waals surface area contributed by atoms with Gasteiger partial charge in [0.2, 0.25) is 0 Å². The van der Waals surface area contributed by atoms with E-state index in [0.29, 0.717) is 16.8 Å². The predicted octanol–water partition coefficient (Wildman–Crippen LogP) is 3.26. The van der Waals surface area contributed by atoms with Crippen LogP contribution in [0.15, 0.2) is 58.5 Å². The first kappa shape index (κ1) is 17.7. The van der Waals surface area contributed by atoms with Crippen LogP contribution in [0.3, 0.4) is 0 Å². The molecule has 4 rings (SSSR count). The summed E-state index contributed by atoms with van der Waals surface area (Å²) in [7, 11) is -3.75. The maximum Gasteiger partial charge on any atom is 0.265 e. The Hall–Kier alpha value is -2.71. The Kier molecular flexibility index (Phi) is 4.24. The molecule has 0 spiro atoms. The van der Waals surface area contributed by atoms with Crippen LogP contribution in [0.2, 0.25) is 0 Å². The number of thiophene rings is 1. The molecule has 138 valence electrons. The molecule has 6 nitrogen and oxygen atoms in total. The van der Waals surface area contributed by atoms with E-state index in [4.69, 9.17) is 0 Å². The lowest BCUT2D eigenvalue weighted by Gasteiger charge is -2.17. The zero-order valence-corrected chi connectivity index (χ0v) is 16.4. The Morgan fingerprint density at radius 1 is 1.15 bits per heavy atom. The largest absolute Gasteiger partial charge is 0.271 e. The molecule has 0 saturated heterocycles. The van der Waals surface area contributed by atoms with Crippen LogP contribution in [0.5, 0.6) is 0 Å². The third-order valence-corrected chi connectivity index (χ3v) is 7.33. The normalized spacial score (nSPS) is 15.3. The Morgan fingerprint density at radius 3 is 2.59 bits per heavy atom. The number of hydrogen-bond acceptors (Lipinski definition) is 5. The second-order valence-corrected chi connectivity index (χ2v) is 9.40. The fourth-order valence-electron chi connectivity index (χ4n) is 3.12. The molecular formula is C19H17N3O3S2. The summed E-state index contributed by atoms with van der Waals surface area (Å²) in [5, 5.41) is 5.59. The monoisotopic (exact) mass is 399 g/mol. The highest BCUT2D eigenvalue weighted by molar-refractivity contribution is 7.93. The highest BCUT2D eigenvalue weighted by Crippen LogP contribution is 2.41. The minimum Gasteiger partial charge on any atom is -0.271 e. The van der Waals surface area contributed by atoms with E-state index in [1.165, 1.54) is 0 Å². The van der Waals surface area contributed by atoms with Crippen molar-refractivity contribution in [2.24, 2.45) is 5.10 Å². The molecule has 8 heteroatoms. The summed E-state index contributed by atoms with van der Waals surface area (Å²) in [6.45, 7) is 3.47. The number of hydrazone groups is 1. The topological polar surface area (TPSA) is 78.8 Å². The minimum atomic E-state index is -3.75. The highest BCUT2D eigenvalue weighted by atomic mass is 32.2. The van der Waals surface area contributed by atoms with Crippen LogP contribution in [0.25, 0.3) is 10.8 Å². The third-order valence-electron chi connectivity index (χ3n) is 4.41. The summed E-state index contributed by atoms with van der Waals surface area (Å²) < 4.78 is 26.9. The molecule has 0 saturated carbocycles. The lowest BCUT2D eigenvalue weighted by molar-refractivity contribution is -0.119. The number of benzene rings is 2. The zero-order chi connectivity index (χ0) is 19.2. The van der Waals surface area contributed by atoms with Gasteiger partial charge in [0.05, 0.1) is 21.2 Å². The van der Waals surface area contributed by atoms with Gasteiger partial charge in [-0.05, 0) is 43.5 Å². The second kappa shape index (κ2) is 6.47. The molecule has 0 bridgehead atoms. The van der Waals surface area contributed by atoms with E-state index >= 15 is 0 Å². The van der Waals surface area contributed by atoms with Gasteiger partial charge in [0.15, 0.2) is 0 Å². The van der Waals surface area contributed by atoms with Gasteiger partial charge in [0.25, 0.3) is 15.9 Å². The number of sulfonamides is 1. The van der Waals surface area contributed by atoms with E-state index in [9.17, 15) is 13.2 Å². The van der Waals surface area contributed by atoms with Gasteiger partial charge >= 0.3 is 0 Å². The zero-order valence-electron chi connectivity index (χ0n) is 14.8. The molecule has 0 fully saturated rings. The van der Waals surface area contributed by atoms with Crippen molar-refractivity contribution in [2.45, 2.75) is 18.7 Å². The molecule has 1 amide bonds. The van der Waals surface area contributed by atoms with Crippen molar-refractivity contribution in [2.75, 3.05) is 10.8 Å². The summed E-state index contributed by atoms with van der Waals surface area (Å²) in [6, 6.07) is 14.4. The molecule has 3 aromatic rings. The van der Waals surface area contributed by atoms with Crippen molar-refractivity contribution in [3.8, 4) is 0 Å². The van der Waals surface area contributed by atoms with Crippen LogP contribution < -0.4 is 9.73 Å². The van der Waals surface area contributed by atoms with Crippen LogP contribution in [0.1, 0.15) is 16.7 Å². The maximum absolute atomic E-state index is 12.9. The Balaban J connectivity index is 1.58. The summed E-state index contributed by atoms with van der Waals surface area (Å²) >= 11 is 1.58. The van der Waals surface area contributed by atoms with Gasteiger partial charge in [-0.2, -0.15) is 5.10 Å². The Labute approximate surface area is 161 Å². The Bertz CT molecular complexity index is 1190. The molecule has 0 aliphatic carbocycles. The number of amides is 1. The molecule has 1 N–H and O–H groups in total. The molecule has 1 aromatic heterocycles. The van der Waals surface area contributed by atoms with Crippen molar-refractivity contribution < 1.29 is 13.2 Å². The van der Waals surface area contributed by atoms with E-state index in [0.717, 1.165) is 19.4 Å². The molecular weight excluding hydrogens is 382 g/mol. The minimum absolute atomic E-state index is 0.233. The van der Waals surface area contributed by atoms with Gasteiger partial charge in [-0.15, -0.1) is 11.3 Å². The molecule has 0 atom stereocenters. The van der Waals surface area contributed by atoms with E-state index < -0.39 is 15.9 Å². The lowest BCUT2D eigenvalue weighted by Crippen LogP contribution is -2.37. The van der Waals surface area contributed by atoms with Crippen LogP contribution in [-0.4, -0.2) is 26.6 Å². The average molecular weight is 399 g/mol. The fourth-order valence-corrected chi connectivity index (χ4v) is 5.60. The number of rotatable bonds is 4. The predicted molar refractivity (Wildman–Crippen MR) is 108 cm³/mol. The van der Waals surface area contributed by atoms with Gasteiger partial charge < -0.3 is 0 Å². The standard InChI is InChI=1S/C19H17N3O3S2/c1-12-9-10-16(26-12)13(2)20-21-18(23)11-22-15-7-3-5-14-6-4-8-17(19(14)15)27(22,24)25/h3-10H,11H2,1-2H3,(H,21,23)/b20-13-. The molecule has 27 heavy (non-hydrogen) atoms. The molecule has 0 radical (unpaired) electrons. The number of nitrogens with zero attached hydrogens (tertiary/aromatic N) is 2. The summed E-state index contributed by atoms with van der Waals surface area (Å²) in [6.07, 6.45) is 0. The molecule has 1 aliphatic heterocycles. The van der Waals surface area contributed by atoms with Gasteiger partial charge in [-0.25, -0.2) is 13.8 Å². The molecule has 1 aliphatic rings. The van der Waals surface area contributed by atoms with Gasteiger partial charge in [-0.1, -0.05) is 24.3 Å². The van der Waals surface area contributed by atoms with Gasteiger partial charge in [-0.3, -0.25) is 9.10 Å². The van der Waals surface area contributed by atoms with Crippen molar-refractivity contribution >= 4 is 49.4 Å². The van der Waals surface area contributed by atoms with E-state index in [-0.39, 0.29) is 11.4 Å². The first-order chi connectivity index (χ1) is 12.9. The smallest absolute Gasteiger partial charge is 0.265 e. The highest BCUT2D eigenvalue weighted by Gasteiger charge is 2.36. The van der Waals surface area contributed by atoms with Crippen molar-refractivity contribution in [1.82, 2.24) is 5.43 Å². The van der Waals surface area contributed by atoms with Crippen LogP contribution in [0.4, 0.5) is 5.69 Å². The van der Waals surface area contributed by atoms with Gasteiger partial charge in [0, 0.05) is 10.3 Å². The van der Waals surface area contributed by atoms with E-state index in [1.54, 1.807) is 42.5 Å². The number of nitrogens with one attached hydrogen (secondary N) is 1. The Morgan fingerprint density at radius 2 is 1.89 bits per heavy atom. The fraction of sp³-hybridized carbons (Fsp3) is 0.158. The summed E-state index contributed by atoms with van der Waals surface area (Å²) in [4.78, 5) is 14.7. The second-order valence-electron chi connectivity index (χ2n) is 6.29. The lowest BCUT2D eigenvalue weighted by atomic mass is 10.1. The molecule has 2 aromatic carbocycles. The first-order valence-corrected chi connectivity index (χ1v) is 10.6. The van der Waals surface area contributed by atoms with Gasteiger partial charge in [0.1, 0.15) is 6.54 Å². The third kappa shape index (κ3) is 3.00. The van der Waals surface area contributed by atoms with Crippen LogP contribution >= 0.6 is 11.3 Å². The number of carbonyl (C=O) groups excluding carboxylic acids is 1. The van der Waals surface area contributed by atoms with Crippen molar-refractivity contribution in [3.05, 3.63) is 58.3 Å². The molecule has 2 heterocycles. The van der Waals surface area contributed by atoms with Crippen molar-refractivity contribution in [3.63, 3.8) is 0 Å². The van der Waals surface area contributed by atoms with Crippen molar-refractivity contribution in [1.29, 1.82) is 0 Å². The molecule has 0 unspecified atom stereocenters. The maximum atomic E-state index is 12.9. The summed E-state index contributed by atoms with van der Waals surface area (Å²) in [5.74, 6) is -0.490.